The molecule has 38 heavy (non-hydrogen) atoms. The molecule has 0 radical (unpaired) electrons. The minimum absolute atomic E-state index is 0.131. The summed E-state index contributed by atoms with van der Waals surface area (Å²) in [5, 5.41) is 3.15. The lowest BCUT2D eigenvalue weighted by Crippen LogP contribution is -2.50. The quantitative estimate of drug-likeness (QED) is 0.367. The van der Waals surface area contributed by atoms with Gasteiger partial charge in [0.05, 0.1) is 11.9 Å². The lowest BCUT2D eigenvalue weighted by atomic mass is 9.95. The van der Waals surface area contributed by atoms with Crippen LogP contribution in [0.1, 0.15) is 68.6 Å². The van der Waals surface area contributed by atoms with E-state index >= 15 is 0 Å². The van der Waals surface area contributed by atoms with Gasteiger partial charge in [-0.1, -0.05) is 53.4 Å². The van der Waals surface area contributed by atoms with E-state index in [4.69, 9.17) is 0 Å². The largest absolute Gasteiger partial charge is 0.352 e. The predicted molar refractivity (Wildman–Crippen MR) is 157 cm³/mol. The Morgan fingerprint density at radius 3 is 2.32 bits per heavy atom. The Hall–Kier alpha value is -2.39. The Kier molecular flexibility index (Phi) is 10.8. The molecule has 1 fully saturated rings. The van der Waals surface area contributed by atoms with Gasteiger partial charge in [0.2, 0.25) is 21.8 Å². The van der Waals surface area contributed by atoms with Gasteiger partial charge in [-0.25, -0.2) is 8.42 Å². The molecule has 2 aromatic carbocycles. The second-order valence-corrected chi connectivity index (χ2v) is 13.3. The fourth-order valence-corrected chi connectivity index (χ4v) is 6.48. The number of rotatable bonds is 11. The molecular weight excluding hydrogens is 566 g/mol. The maximum atomic E-state index is 13.5. The Labute approximate surface area is 236 Å². The van der Waals surface area contributed by atoms with Crippen molar-refractivity contribution in [3.8, 4) is 0 Å². The third-order valence-corrected chi connectivity index (χ3v) is 8.69. The maximum Gasteiger partial charge on any atom is 0.242 e. The van der Waals surface area contributed by atoms with E-state index in [-0.39, 0.29) is 30.8 Å². The number of sulfonamides is 1. The first kappa shape index (κ1) is 30.2. The molecule has 3 rings (SSSR count). The summed E-state index contributed by atoms with van der Waals surface area (Å²) in [6.07, 6.45) is 7.01. The number of anilines is 1. The van der Waals surface area contributed by atoms with Gasteiger partial charge in [0.15, 0.2) is 0 Å². The van der Waals surface area contributed by atoms with Gasteiger partial charge in [-0.3, -0.25) is 13.9 Å². The Morgan fingerprint density at radius 1 is 1.05 bits per heavy atom. The predicted octanol–water partition coefficient (Wildman–Crippen LogP) is 5.48. The molecule has 1 aliphatic rings. The standard InChI is InChI=1S/C29H40BrN3O4S/c1-21-16-22(2)18-27(17-21)33(38(4,36)37)15-9-14-28(34)32(20-24-10-8-11-25(30)19-24)23(3)29(35)31-26-12-6-5-7-13-26/h8,10-11,16-19,23,26H,5-7,9,12-15,20H2,1-4H3,(H,31,35)/t23-/m0/s1. The Morgan fingerprint density at radius 2 is 1.71 bits per heavy atom. The molecule has 0 saturated heterocycles. The van der Waals surface area contributed by atoms with Crippen LogP contribution in [0.15, 0.2) is 46.9 Å². The van der Waals surface area contributed by atoms with Crippen LogP contribution in [0.25, 0.3) is 0 Å². The first-order chi connectivity index (χ1) is 17.9. The highest BCUT2D eigenvalue weighted by atomic mass is 79.9. The summed E-state index contributed by atoms with van der Waals surface area (Å²) in [5.74, 6) is -0.321. The normalized spacial score (nSPS) is 15.1. The maximum absolute atomic E-state index is 13.5. The topological polar surface area (TPSA) is 86.8 Å². The van der Waals surface area contributed by atoms with Crippen molar-refractivity contribution in [2.24, 2.45) is 0 Å². The fraction of sp³-hybridized carbons (Fsp3) is 0.517. The molecular formula is C29H40BrN3O4S. The Bertz CT molecular complexity index is 1210. The number of carbonyl (C=O) groups excluding carboxylic acids is 2. The molecule has 0 heterocycles. The molecule has 1 aliphatic carbocycles. The number of halogens is 1. The number of carbonyl (C=O) groups is 2. The molecule has 0 unspecified atom stereocenters. The monoisotopic (exact) mass is 605 g/mol. The van der Waals surface area contributed by atoms with Crippen molar-refractivity contribution in [2.75, 3.05) is 17.1 Å². The summed E-state index contributed by atoms with van der Waals surface area (Å²) in [6.45, 7) is 6.11. The average molecular weight is 607 g/mol. The summed E-state index contributed by atoms with van der Waals surface area (Å²) in [6, 6.07) is 12.9. The van der Waals surface area contributed by atoms with Crippen LogP contribution in [0, 0.1) is 13.8 Å². The lowest BCUT2D eigenvalue weighted by molar-refractivity contribution is -0.141. The van der Waals surface area contributed by atoms with Gasteiger partial charge in [-0.2, -0.15) is 0 Å². The summed E-state index contributed by atoms with van der Waals surface area (Å²) in [7, 11) is -3.53. The summed E-state index contributed by atoms with van der Waals surface area (Å²) < 4.78 is 27.5. The minimum Gasteiger partial charge on any atom is -0.352 e. The van der Waals surface area contributed by atoms with E-state index in [1.54, 1.807) is 11.8 Å². The molecule has 1 N–H and O–H groups in total. The molecule has 0 bridgehead atoms. The molecule has 1 atom stereocenters. The lowest BCUT2D eigenvalue weighted by Gasteiger charge is -2.31. The molecule has 0 aromatic heterocycles. The van der Waals surface area contributed by atoms with Gasteiger partial charge in [0, 0.05) is 30.0 Å². The summed E-state index contributed by atoms with van der Waals surface area (Å²) >= 11 is 3.48. The number of nitrogens with zero attached hydrogens (tertiary/aromatic N) is 2. The zero-order valence-electron chi connectivity index (χ0n) is 22.9. The second kappa shape index (κ2) is 13.6. The van der Waals surface area contributed by atoms with Crippen molar-refractivity contribution in [3.05, 3.63) is 63.6 Å². The SMILES string of the molecule is Cc1cc(C)cc(N(CCCC(=O)N(Cc2cccc(Br)c2)[C@@H](C)C(=O)NC2CCCCC2)S(C)(=O)=O)c1. The van der Waals surface area contributed by atoms with Gasteiger partial charge in [0.1, 0.15) is 6.04 Å². The number of amides is 2. The van der Waals surface area contributed by atoms with E-state index in [1.165, 1.54) is 17.0 Å². The Balaban J connectivity index is 1.73. The highest BCUT2D eigenvalue weighted by Crippen LogP contribution is 2.23. The van der Waals surface area contributed by atoms with E-state index in [2.05, 4.69) is 21.2 Å². The van der Waals surface area contributed by atoms with Crippen LogP contribution in [0.3, 0.4) is 0 Å². The summed E-state index contributed by atoms with van der Waals surface area (Å²) in [5.41, 5.74) is 3.46. The number of benzene rings is 2. The van der Waals surface area contributed by atoms with Crippen molar-refractivity contribution < 1.29 is 18.0 Å². The number of nitrogens with one attached hydrogen (secondary N) is 1. The van der Waals surface area contributed by atoms with Crippen LogP contribution < -0.4 is 9.62 Å². The zero-order valence-corrected chi connectivity index (χ0v) is 25.3. The van der Waals surface area contributed by atoms with Gasteiger partial charge < -0.3 is 10.2 Å². The van der Waals surface area contributed by atoms with E-state index in [9.17, 15) is 18.0 Å². The minimum atomic E-state index is -3.53. The van der Waals surface area contributed by atoms with Crippen molar-refractivity contribution in [1.29, 1.82) is 0 Å². The van der Waals surface area contributed by atoms with E-state index in [0.717, 1.165) is 46.8 Å². The highest BCUT2D eigenvalue weighted by molar-refractivity contribution is 9.10. The molecule has 2 amide bonds. The van der Waals surface area contributed by atoms with Crippen molar-refractivity contribution in [2.45, 2.75) is 84.3 Å². The fourth-order valence-electron chi connectivity index (χ4n) is 5.08. The van der Waals surface area contributed by atoms with Gasteiger partial charge in [0.25, 0.3) is 0 Å². The van der Waals surface area contributed by atoms with Crippen LogP contribution in [-0.2, 0) is 26.2 Å². The number of hydrogen-bond donors (Lipinski definition) is 1. The number of hydrogen-bond acceptors (Lipinski definition) is 4. The molecule has 1 saturated carbocycles. The molecule has 7 nitrogen and oxygen atoms in total. The smallest absolute Gasteiger partial charge is 0.242 e. The first-order valence-corrected chi connectivity index (χ1v) is 16.0. The van der Waals surface area contributed by atoms with Crippen LogP contribution in [0.2, 0.25) is 0 Å². The summed E-state index contributed by atoms with van der Waals surface area (Å²) in [4.78, 5) is 28.3. The van der Waals surface area contributed by atoms with Crippen LogP contribution in [-0.4, -0.2) is 50.0 Å². The van der Waals surface area contributed by atoms with Crippen LogP contribution in [0.5, 0.6) is 0 Å². The van der Waals surface area contributed by atoms with Crippen molar-refractivity contribution >= 4 is 43.5 Å². The van der Waals surface area contributed by atoms with Gasteiger partial charge in [-0.15, -0.1) is 0 Å². The van der Waals surface area contributed by atoms with Gasteiger partial charge >= 0.3 is 0 Å². The second-order valence-electron chi connectivity index (χ2n) is 10.5. The molecule has 0 aliphatic heterocycles. The average Bonchev–Trinajstić information content (AvgIpc) is 2.84. The van der Waals surface area contributed by atoms with Crippen molar-refractivity contribution in [1.82, 2.24) is 10.2 Å². The third kappa shape index (κ3) is 8.83. The van der Waals surface area contributed by atoms with E-state index in [1.807, 2.05) is 56.3 Å². The molecule has 2 aromatic rings. The molecule has 9 heteroatoms. The van der Waals surface area contributed by atoms with E-state index < -0.39 is 16.1 Å². The highest BCUT2D eigenvalue weighted by Gasteiger charge is 2.28. The zero-order chi connectivity index (χ0) is 27.9. The van der Waals surface area contributed by atoms with Crippen molar-refractivity contribution in [3.63, 3.8) is 0 Å². The van der Waals surface area contributed by atoms with Crippen LogP contribution in [0.4, 0.5) is 5.69 Å². The van der Waals surface area contributed by atoms with E-state index in [0.29, 0.717) is 18.7 Å². The molecule has 208 valence electrons. The van der Waals surface area contributed by atoms with Crippen LogP contribution >= 0.6 is 15.9 Å². The molecule has 0 spiro atoms. The third-order valence-electron chi connectivity index (χ3n) is 7.01. The number of aryl methyl sites for hydroxylation is 2. The van der Waals surface area contributed by atoms with Gasteiger partial charge in [-0.05, 0) is 81.0 Å². The first-order valence-electron chi connectivity index (χ1n) is 13.3.